The Morgan fingerprint density at radius 1 is 1.28 bits per heavy atom. The van der Waals surface area contributed by atoms with Crippen LogP contribution in [0.15, 0.2) is 0 Å². The summed E-state index contributed by atoms with van der Waals surface area (Å²) in [4.78, 5) is 2.54. The molecule has 1 fully saturated rings. The molecular formula is C15H32N2O. The van der Waals surface area contributed by atoms with Gasteiger partial charge in [0.1, 0.15) is 0 Å². The first-order valence-corrected chi connectivity index (χ1v) is 7.63. The summed E-state index contributed by atoms with van der Waals surface area (Å²) in [6, 6.07) is 0.650. The molecule has 0 aliphatic carbocycles. The minimum Gasteiger partial charge on any atom is -0.381 e. The molecule has 0 amide bonds. The standard InChI is InChI=1S/C15H32N2O/c1-5-8-16-11-13(2)14(3)17(4)12-15-6-9-18-10-7-15/h13-16H,5-12H2,1-4H3. The summed E-state index contributed by atoms with van der Waals surface area (Å²) < 4.78 is 5.43. The van der Waals surface area contributed by atoms with Gasteiger partial charge in [-0.2, -0.15) is 0 Å². The van der Waals surface area contributed by atoms with Gasteiger partial charge in [0.05, 0.1) is 0 Å². The van der Waals surface area contributed by atoms with E-state index < -0.39 is 0 Å². The van der Waals surface area contributed by atoms with Crippen LogP contribution in [0.2, 0.25) is 0 Å². The van der Waals surface area contributed by atoms with Crippen molar-refractivity contribution in [2.24, 2.45) is 11.8 Å². The van der Waals surface area contributed by atoms with Crippen LogP contribution in [-0.4, -0.2) is 50.8 Å². The molecule has 3 nitrogen and oxygen atoms in total. The Hall–Kier alpha value is -0.120. The lowest BCUT2D eigenvalue weighted by molar-refractivity contribution is 0.0476. The highest BCUT2D eigenvalue weighted by atomic mass is 16.5. The largest absolute Gasteiger partial charge is 0.381 e. The lowest BCUT2D eigenvalue weighted by Crippen LogP contribution is -2.42. The Bertz CT molecular complexity index is 205. The molecule has 0 saturated carbocycles. The van der Waals surface area contributed by atoms with Crippen molar-refractivity contribution in [1.82, 2.24) is 10.2 Å². The van der Waals surface area contributed by atoms with Gasteiger partial charge in [0.2, 0.25) is 0 Å². The molecule has 3 heteroatoms. The van der Waals surface area contributed by atoms with Crippen molar-refractivity contribution >= 4 is 0 Å². The Kier molecular flexibility index (Phi) is 7.87. The third-order valence-electron chi connectivity index (χ3n) is 4.30. The Labute approximate surface area is 113 Å². The van der Waals surface area contributed by atoms with E-state index in [1.165, 1.54) is 25.8 Å². The van der Waals surface area contributed by atoms with Crippen LogP contribution in [0.25, 0.3) is 0 Å². The molecule has 1 aliphatic rings. The third kappa shape index (κ3) is 5.68. The molecule has 1 rings (SSSR count). The average Bonchev–Trinajstić information content (AvgIpc) is 2.39. The van der Waals surface area contributed by atoms with Gasteiger partial charge >= 0.3 is 0 Å². The number of rotatable bonds is 8. The third-order valence-corrected chi connectivity index (χ3v) is 4.30. The average molecular weight is 256 g/mol. The predicted molar refractivity (Wildman–Crippen MR) is 78.0 cm³/mol. The molecule has 2 atom stereocenters. The first-order chi connectivity index (χ1) is 8.65. The van der Waals surface area contributed by atoms with E-state index in [0.29, 0.717) is 12.0 Å². The van der Waals surface area contributed by atoms with E-state index in [1.807, 2.05) is 0 Å². The van der Waals surface area contributed by atoms with E-state index in [-0.39, 0.29) is 0 Å². The molecule has 0 spiro atoms. The van der Waals surface area contributed by atoms with Gasteiger partial charge in [-0.25, -0.2) is 0 Å². The molecule has 0 aromatic rings. The van der Waals surface area contributed by atoms with Gasteiger partial charge in [0, 0.05) is 25.8 Å². The molecule has 1 heterocycles. The molecule has 1 saturated heterocycles. The molecule has 108 valence electrons. The zero-order valence-electron chi connectivity index (χ0n) is 12.7. The van der Waals surface area contributed by atoms with Crippen molar-refractivity contribution in [3.8, 4) is 0 Å². The topological polar surface area (TPSA) is 24.5 Å². The normalized spacial score (nSPS) is 21.2. The maximum absolute atomic E-state index is 5.43. The number of nitrogens with zero attached hydrogens (tertiary/aromatic N) is 1. The quantitative estimate of drug-likeness (QED) is 0.675. The maximum Gasteiger partial charge on any atom is 0.0469 e. The summed E-state index contributed by atoms with van der Waals surface area (Å²) >= 11 is 0. The zero-order valence-corrected chi connectivity index (χ0v) is 12.7. The van der Waals surface area contributed by atoms with Gasteiger partial charge in [0.15, 0.2) is 0 Å². The lowest BCUT2D eigenvalue weighted by Gasteiger charge is -2.34. The first-order valence-electron chi connectivity index (χ1n) is 7.63. The van der Waals surface area contributed by atoms with Gasteiger partial charge < -0.3 is 15.0 Å². The van der Waals surface area contributed by atoms with Crippen LogP contribution in [-0.2, 0) is 4.74 Å². The fourth-order valence-electron chi connectivity index (χ4n) is 2.61. The number of hydrogen-bond acceptors (Lipinski definition) is 3. The van der Waals surface area contributed by atoms with Crippen molar-refractivity contribution in [3.05, 3.63) is 0 Å². The van der Waals surface area contributed by atoms with E-state index in [2.05, 4.69) is 38.0 Å². The minimum atomic E-state index is 0.650. The summed E-state index contributed by atoms with van der Waals surface area (Å²) in [6.07, 6.45) is 3.69. The van der Waals surface area contributed by atoms with E-state index in [9.17, 15) is 0 Å². The van der Waals surface area contributed by atoms with Gasteiger partial charge in [-0.1, -0.05) is 13.8 Å². The van der Waals surface area contributed by atoms with Gasteiger partial charge in [-0.15, -0.1) is 0 Å². The number of hydrogen-bond donors (Lipinski definition) is 1. The van der Waals surface area contributed by atoms with Crippen molar-refractivity contribution in [3.63, 3.8) is 0 Å². The van der Waals surface area contributed by atoms with Crippen molar-refractivity contribution in [2.75, 3.05) is 39.9 Å². The molecule has 0 radical (unpaired) electrons. The fraction of sp³-hybridized carbons (Fsp3) is 1.00. The summed E-state index contributed by atoms with van der Waals surface area (Å²) in [5, 5.41) is 3.53. The van der Waals surface area contributed by atoms with E-state index >= 15 is 0 Å². The highest BCUT2D eigenvalue weighted by Crippen LogP contribution is 2.18. The SMILES string of the molecule is CCCNCC(C)C(C)N(C)CC1CCOCC1. The van der Waals surface area contributed by atoms with Gasteiger partial charge in [0.25, 0.3) is 0 Å². The summed E-state index contributed by atoms with van der Waals surface area (Å²) in [5.41, 5.74) is 0. The lowest BCUT2D eigenvalue weighted by atomic mass is 9.96. The smallest absolute Gasteiger partial charge is 0.0469 e. The van der Waals surface area contributed by atoms with Gasteiger partial charge in [-0.3, -0.25) is 0 Å². The molecule has 18 heavy (non-hydrogen) atoms. The molecular weight excluding hydrogens is 224 g/mol. The maximum atomic E-state index is 5.43. The molecule has 0 bridgehead atoms. The molecule has 2 unspecified atom stereocenters. The first kappa shape index (κ1) is 15.9. The summed E-state index contributed by atoms with van der Waals surface area (Å²) in [5.74, 6) is 1.54. The van der Waals surface area contributed by atoms with E-state index in [0.717, 1.165) is 32.2 Å². The Morgan fingerprint density at radius 3 is 2.56 bits per heavy atom. The second kappa shape index (κ2) is 8.89. The van der Waals surface area contributed by atoms with E-state index in [1.54, 1.807) is 0 Å². The van der Waals surface area contributed by atoms with Gasteiger partial charge in [-0.05, 0) is 58.2 Å². The minimum absolute atomic E-state index is 0.650. The zero-order chi connectivity index (χ0) is 13.4. The second-order valence-corrected chi connectivity index (χ2v) is 5.92. The summed E-state index contributed by atoms with van der Waals surface area (Å²) in [7, 11) is 2.27. The highest BCUT2D eigenvalue weighted by Gasteiger charge is 2.21. The highest BCUT2D eigenvalue weighted by molar-refractivity contribution is 4.75. The van der Waals surface area contributed by atoms with Crippen LogP contribution in [0.5, 0.6) is 0 Å². The number of nitrogens with one attached hydrogen (secondary N) is 1. The molecule has 1 aliphatic heterocycles. The fourth-order valence-corrected chi connectivity index (χ4v) is 2.61. The monoisotopic (exact) mass is 256 g/mol. The van der Waals surface area contributed by atoms with Crippen molar-refractivity contribution < 1.29 is 4.74 Å². The number of ether oxygens (including phenoxy) is 1. The molecule has 0 aromatic heterocycles. The molecule has 0 aromatic carbocycles. The molecule has 1 N–H and O–H groups in total. The van der Waals surface area contributed by atoms with Crippen LogP contribution in [0.1, 0.15) is 40.0 Å². The van der Waals surface area contributed by atoms with Crippen molar-refractivity contribution in [2.45, 2.75) is 46.1 Å². The van der Waals surface area contributed by atoms with Crippen LogP contribution in [0.3, 0.4) is 0 Å². The second-order valence-electron chi connectivity index (χ2n) is 5.92. The van der Waals surface area contributed by atoms with Crippen LogP contribution < -0.4 is 5.32 Å². The van der Waals surface area contributed by atoms with Crippen LogP contribution in [0.4, 0.5) is 0 Å². The van der Waals surface area contributed by atoms with Crippen LogP contribution >= 0.6 is 0 Å². The summed E-state index contributed by atoms with van der Waals surface area (Å²) in [6.45, 7) is 12.3. The van der Waals surface area contributed by atoms with Crippen molar-refractivity contribution in [1.29, 1.82) is 0 Å². The van der Waals surface area contributed by atoms with Crippen LogP contribution in [0, 0.1) is 11.8 Å². The Balaban J connectivity index is 2.23. The van der Waals surface area contributed by atoms with E-state index in [4.69, 9.17) is 4.74 Å². The Morgan fingerprint density at radius 2 is 1.94 bits per heavy atom. The predicted octanol–water partition coefficient (Wildman–Crippen LogP) is 2.37.